The second kappa shape index (κ2) is 8.60. The predicted molar refractivity (Wildman–Crippen MR) is 124 cm³/mol. The lowest BCUT2D eigenvalue weighted by molar-refractivity contribution is 0.0989. The van der Waals surface area contributed by atoms with Crippen molar-refractivity contribution in [2.75, 3.05) is 5.73 Å². The van der Waals surface area contributed by atoms with Gasteiger partial charge < -0.3 is 5.73 Å². The van der Waals surface area contributed by atoms with E-state index in [1.807, 2.05) is 12.1 Å². The fraction of sp³-hybridized carbons (Fsp3) is 0.0800. The Morgan fingerprint density at radius 1 is 1.15 bits per heavy atom. The molecule has 0 amide bonds. The van der Waals surface area contributed by atoms with Crippen molar-refractivity contribution in [3.63, 3.8) is 0 Å². The maximum Gasteiger partial charge on any atom is 0.188 e. The number of nitrogens with one attached hydrogen (secondary N) is 1. The van der Waals surface area contributed by atoms with E-state index in [2.05, 4.69) is 26.3 Å². The zero-order valence-electron chi connectivity index (χ0n) is 17.9. The number of halogens is 1. The average Bonchev–Trinajstić information content (AvgIpc) is 3.45. The van der Waals surface area contributed by atoms with E-state index in [-0.39, 0.29) is 17.9 Å². The van der Waals surface area contributed by atoms with Crippen molar-refractivity contribution >= 4 is 22.5 Å². The molecule has 0 atom stereocenters. The van der Waals surface area contributed by atoms with E-state index in [4.69, 9.17) is 11.0 Å². The molecule has 9 heteroatoms. The number of nitrogens with zero attached hydrogens (tertiary/aromatic N) is 5. The maximum atomic E-state index is 14.9. The molecule has 0 aliphatic heterocycles. The Balaban J connectivity index is 1.35. The van der Waals surface area contributed by atoms with Crippen molar-refractivity contribution in [3.05, 3.63) is 95.3 Å². The highest BCUT2D eigenvalue weighted by atomic mass is 19.1. The van der Waals surface area contributed by atoms with Crippen LogP contribution in [-0.4, -0.2) is 30.7 Å². The summed E-state index contributed by atoms with van der Waals surface area (Å²) in [5.74, 6) is -0.390. The molecule has 3 aromatic heterocycles. The molecule has 34 heavy (non-hydrogen) atoms. The SMILES string of the molecule is N#Cc1cccc(Cn2cc(CC(=O)c3n[nH]c4cc(-c5ccc(N)nc5)c(F)cc34)cn2)c1. The second-order valence-electron chi connectivity index (χ2n) is 7.88. The maximum absolute atomic E-state index is 14.9. The van der Waals surface area contributed by atoms with Gasteiger partial charge in [-0.25, -0.2) is 9.37 Å². The van der Waals surface area contributed by atoms with Gasteiger partial charge in [-0.1, -0.05) is 12.1 Å². The number of H-pyrrole nitrogens is 1. The minimum atomic E-state index is -0.484. The lowest BCUT2D eigenvalue weighted by Crippen LogP contribution is -2.04. The number of ketones is 1. The number of nitrogens with two attached hydrogens (primary N) is 1. The summed E-state index contributed by atoms with van der Waals surface area (Å²) in [6.45, 7) is 0.475. The Bertz CT molecular complexity index is 1560. The number of hydrogen-bond acceptors (Lipinski definition) is 6. The van der Waals surface area contributed by atoms with Crippen LogP contribution in [0.3, 0.4) is 0 Å². The molecule has 8 nitrogen and oxygen atoms in total. The summed E-state index contributed by atoms with van der Waals surface area (Å²) in [6, 6.07) is 15.6. The van der Waals surface area contributed by atoms with E-state index in [0.29, 0.717) is 45.5 Å². The molecule has 0 aliphatic carbocycles. The first-order valence-electron chi connectivity index (χ1n) is 10.4. The van der Waals surface area contributed by atoms with Gasteiger partial charge in [0.1, 0.15) is 17.3 Å². The van der Waals surface area contributed by atoms with E-state index in [1.165, 1.54) is 12.3 Å². The van der Waals surface area contributed by atoms with E-state index < -0.39 is 5.82 Å². The number of carbonyl (C=O) groups excluding carboxylic acids is 1. The lowest BCUT2D eigenvalue weighted by atomic mass is 10.0. The number of carbonyl (C=O) groups is 1. The van der Waals surface area contributed by atoms with Gasteiger partial charge in [0.15, 0.2) is 5.78 Å². The summed E-state index contributed by atoms with van der Waals surface area (Å²) >= 11 is 0. The van der Waals surface area contributed by atoms with Crippen molar-refractivity contribution < 1.29 is 9.18 Å². The average molecular weight is 451 g/mol. The fourth-order valence-electron chi connectivity index (χ4n) is 3.82. The van der Waals surface area contributed by atoms with Crippen LogP contribution < -0.4 is 5.73 Å². The summed E-state index contributed by atoms with van der Waals surface area (Å²) in [7, 11) is 0. The van der Waals surface area contributed by atoms with Gasteiger partial charge >= 0.3 is 0 Å². The van der Waals surface area contributed by atoms with Crippen molar-refractivity contribution in [3.8, 4) is 17.2 Å². The third kappa shape index (κ3) is 4.12. The number of rotatable bonds is 6. The van der Waals surface area contributed by atoms with Crippen LogP contribution in [-0.2, 0) is 13.0 Å². The minimum Gasteiger partial charge on any atom is -0.384 e. The van der Waals surface area contributed by atoms with Crippen LogP contribution in [0.5, 0.6) is 0 Å². The van der Waals surface area contributed by atoms with Crippen molar-refractivity contribution in [1.82, 2.24) is 25.0 Å². The van der Waals surface area contributed by atoms with Gasteiger partial charge in [0, 0.05) is 35.3 Å². The summed E-state index contributed by atoms with van der Waals surface area (Å²) in [6.07, 6.45) is 4.96. The van der Waals surface area contributed by atoms with Gasteiger partial charge in [0.05, 0.1) is 29.9 Å². The molecule has 0 saturated heterocycles. The van der Waals surface area contributed by atoms with Crippen molar-refractivity contribution in [2.45, 2.75) is 13.0 Å². The lowest BCUT2D eigenvalue weighted by Gasteiger charge is -2.04. The number of fused-ring (bicyclic) bond motifs is 1. The molecule has 5 aromatic rings. The van der Waals surface area contributed by atoms with Crippen LogP contribution in [0.2, 0.25) is 0 Å². The molecule has 0 spiro atoms. The number of nitriles is 1. The zero-order valence-corrected chi connectivity index (χ0v) is 17.9. The molecule has 0 unspecified atom stereocenters. The van der Waals surface area contributed by atoms with E-state index in [9.17, 15) is 9.18 Å². The highest BCUT2D eigenvalue weighted by Crippen LogP contribution is 2.28. The normalized spacial score (nSPS) is 10.9. The molecule has 3 N–H and O–H groups in total. The number of hydrogen-bond donors (Lipinski definition) is 2. The van der Waals surface area contributed by atoms with Gasteiger partial charge in [-0.05, 0) is 47.5 Å². The third-order valence-electron chi connectivity index (χ3n) is 5.46. The number of Topliss-reactive ketones (excluding diaryl/α,β-unsaturated/α-hetero) is 1. The Morgan fingerprint density at radius 2 is 2.03 bits per heavy atom. The Kier molecular flexibility index (Phi) is 5.32. The van der Waals surface area contributed by atoms with Crippen LogP contribution in [0.1, 0.15) is 27.2 Å². The Morgan fingerprint density at radius 3 is 2.82 bits per heavy atom. The molecule has 0 radical (unpaired) electrons. The smallest absolute Gasteiger partial charge is 0.188 e. The predicted octanol–water partition coefficient (Wildman–Crippen LogP) is 3.89. The molecular formula is C25H18FN7O. The van der Waals surface area contributed by atoms with E-state index in [0.717, 1.165) is 5.56 Å². The molecular weight excluding hydrogens is 433 g/mol. The molecule has 2 aromatic carbocycles. The second-order valence-corrected chi connectivity index (χ2v) is 7.88. The quantitative estimate of drug-likeness (QED) is 0.377. The number of aromatic nitrogens is 5. The van der Waals surface area contributed by atoms with Crippen LogP contribution >= 0.6 is 0 Å². The number of pyridine rings is 1. The highest BCUT2D eigenvalue weighted by Gasteiger charge is 2.18. The van der Waals surface area contributed by atoms with Gasteiger partial charge in [-0.15, -0.1) is 0 Å². The van der Waals surface area contributed by atoms with Gasteiger partial charge in [0.2, 0.25) is 0 Å². The minimum absolute atomic E-state index is 0.0729. The first-order chi connectivity index (χ1) is 16.5. The molecule has 5 rings (SSSR count). The molecule has 0 saturated carbocycles. The summed E-state index contributed by atoms with van der Waals surface area (Å²) < 4.78 is 16.6. The number of anilines is 1. The van der Waals surface area contributed by atoms with E-state index in [1.54, 1.807) is 47.4 Å². The molecule has 0 bridgehead atoms. The summed E-state index contributed by atoms with van der Waals surface area (Å²) in [5, 5.41) is 20.7. The topological polar surface area (TPSA) is 126 Å². The monoisotopic (exact) mass is 451 g/mol. The Labute approximate surface area is 193 Å². The fourth-order valence-corrected chi connectivity index (χ4v) is 3.82. The van der Waals surface area contributed by atoms with Gasteiger partial charge in [-0.3, -0.25) is 14.6 Å². The van der Waals surface area contributed by atoms with Crippen molar-refractivity contribution in [1.29, 1.82) is 5.26 Å². The Hall–Kier alpha value is -4.84. The highest BCUT2D eigenvalue weighted by molar-refractivity contribution is 6.07. The number of benzene rings is 2. The first-order valence-corrected chi connectivity index (χ1v) is 10.4. The van der Waals surface area contributed by atoms with Crippen molar-refractivity contribution in [2.24, 2.45) is 0 Å². The first kappa shape index (κ1) is 21.0. The van der Waals surface area contributed by atoms with Gasteiger partial charge in [0.25, 0.3) is 0 Å². The van der Waals surface area contributed by atoms with Crippen LogP contribution in [0.25, 0.3) is 22.0 Å². The molecule has 166 valence electrons. The zero-order chi connectivity index (χ0) is 23.7. The molecule has 0 aliphatic rings. The number of nitrogen functional groups attached to an aromatic ring is 1. The van der Waals surface area contributed by atoms with E-state index >= 15 is 0 Å². The molecule has 0 fully saturated rings. The van der Waals surface area contributed by atoms with Crippen LogP contribution in [0, 0.1) is 17.1 Å². The van der Waals surface area contributed by atoms with Crippen LogP contribution in [0.15, 0.2) is 67.1 Å². The largest absolute Gasteiger partial charge is 0.384 e. The summed E-state index contributed by atoms with van der Waals surface area (Å²) in [5.41, 5.74) is 9.46. The molecule has 3 heterocycles. The van der Waals surface area contributed by atoms with Gasteiger partial charge in [-0.2, -0.15) is 15.5 Å². The van der Waals surface area contributed by atoms with Crippen LogP contribution in [0.4, 0.5) is 10.2 Å². The summed E-state index contributed by atoms with van der Waals surface area (Å²) in [4.78, 5) is 16.9. The third-order valence-corrected chi connectivity index (χ3v) is 5.46. The standard InChI is InChI=1S/C25H18FN7O/c26-21-8-20-22(9-19(21)18-4-5-24(28)29-12-18)31-32-25(20)23(34)7-17-11-30-33(14-17)13-16-3-1-2-15(6-16)10-27/h1-6,8-9,11-12,14H,7,13H2,(H2,28,29)(H,31,32). The number of aromatic amines is 1.